The SMILES string of the molecule is CN1CCCC(CN(C)C2CC(C(=O)O)C2)C1. The van der Waals surface area contributed by atoms with Gasteiger partial charge in [-0.25, -0.2) is 0 Å². The van der Waals surface area contributed by atoms with Gasteiger partial charge in [-0.1, -0.05) is 0 Å². The highest BCUT2D eigenvalue weighted by molar-refractivity contribution is 5.71. The average molecular weight is 240 g/mol. The maximum absolute atomic E-state index is 10.8. The maximum atomic E-state index is 10.8. The summed E-state index contributed by atoms with van der Waals surface area (Å²) in [6.45, 7) is 3.55. The molecule has 1 atom stereocenters. The van der Waals surface area contributed by atoms with Gasteiger partial charge in [-0.2, -0.15) is 0 Å². The summed E-state index contributed by atoms with van der Waals surface area (Å²) in [4.78, 5) is 15.5. The number of piperidine rings is 1. The summed E-state index contributed by atoms with van der Waals surface area (Å²) in [5.74, 6) is 0.0613. The smallest absolute Gasteiger partial charge is 0.306 e. The molecule has 1 saturated carbocycles. The molecule has 1 aliphatic carbocycles. The second kappa shape index (κ2) is 5.36. The molecule has 1 heterocycles. The number of rotatable bonds is 4. The number of aliphatic carboxylic acids is 1. The molecule has 17 heavy (non-hydrogen) atoms. The van der Waals surface area contributed by atoms with E-state index in [2.05, 4.69) is 23.9 Å². The number of carboxylic acids is 1. The molecule has 0 amide bonds. The molecule has 1 aliphatic heterocycles. The third-order valence-electron chi connectivity index (χ3n) is 4.35. The Morgan fingerprint density at radius 2 is 2.18 bits per heavy atom. The Morgan fingerprint density at radius 3 is 2.76 bits per heavy atom. The van der Waals surface area contributed by atoms with Crippen molar-refractivity contribution in [2.45, 2.75) is 31.7 Å². The van der Waals surface area contributed by atoms with Gasteiger partial charge in [-0.15, -0.1) is 0 Å². The molecule has 0 radical (unpaired) electrons. The third-order valence-corrected chi connectivity index (χ3v) is 4.35. The second-order valence-corrected chi connectivity index (χ2v) is 5.87. The summed E-state index contributed by atoms with van der Waals surface area (Å²) in [5.41, 5.74) is 0. The van der Waals surface area contributed by atoms with Gasteiger partial charge in [0.25, 0.3) is 0 Å². The van der Waals surface area contributed by atoms with Gasteiger partial charge in [-0.05, 0) is 52.2 Å². The molecule has 0 bridgehead atoms. The Kier molecular flexibility index (Phi) is 4.05. The lowest BCUT2D eigenvalue weighted by atomic mass is 9.79. The van der Waals surface area contributed by atoms with Crippen LogP contribution in [0.15, 0.2) is 0 Å². The quantitative estimate of drug-likeness (QED) is 0.800. The predicted molar refractivity (Wildman–Crippen MR) is 67.0 cm³/mol. The number of hydrogen-bond donors (Lipinski definition) is 1. The van der Waals surface area contributed by atoms with Crippen molar-refractivity contribution >= 4 is 5.97 Å². The highest BCUT2D eigenvalue weighted by Crippen LogP contribution is 2.32. The van der Waals surface area contributed by atoms with E-state index in [4.69, 9.17) is 5.11 Å². The van der Waals surface area contributed by atoms with Crippen LogP contribution < -0.4 is 0 Å². The van der Waals surface area contributed by atoms with Crippen LogP contribution in [0.25, 0.3) is 0 Å². The number of likely N-dealkylation sites (tertiary alicyclic amines) is 1. The first-order chi connectivity index (χ1) is 8.06. The standard InChI is InChI=1S/C13H24N2O2/c1-14-5-3-4-10(8-14)9-15(2)12-6-11(7-12)13(16)17/h10-12H,3-9H2,1-2H3,(H,16,17). The van der Waals surface area contributed by atoms with Crippen LogP contribution in [0.5, 0.6) is 0 Å². The molecule has 98 valence electrons. The largest absolute Gasteiger partial charge is 0.481 e. The molecule has 2 rings (SSSR count). The fourth-order valence-electron chi connectivity index (χ4n) is 3.13. The Bertz CT molecular complexity index is 277. The van der Waals surface area contributed by atoms with Gasteiger partial charge in [-0.3, -0.25) is 4.79 Å². The lowest BCUT2D eigenvalue weighted by Gasteiger charge is -2.41. The van der Waals surface area contributed by atoms with Crippen LogP contribution in [0.2, 0.25) is 0 Å². The van der Waals surface area contributed by atoms with E-state index in [1.807, 2.05) is 0 Å². The molecule has 2 aliphatic rings. The zero-order chi connectivity index (χ0) is 12.4. The monoisotopic (exact) mass is 240 g/mol. The molecule has 1 N–H and O–H groups in total. The summed E-state index contributed by atoms with van der Waals surface area (Å²) < 4.78 is 0. The van der Waals surface area contributed by atoms with E-state index in [1.165, 1.54) is 25.9 Å². The molecule has 2 fully saturated rings. The maximum Gasteiger partial charge on any atom is 0.306 e. The molecule has 4 heteroatoms. The van der Waals surface area contributed by atoms with E-state index >= 15 is 0 Å². The van der Waals surface area contributed by atoms with Crippen LogP contribution in [0.1, 0.15) is 25.7 Å². The van der Waals surface area contributed by atoms with Crippen molar-refractivity contribution in [1.29, 1.82) is 0 Å². The molecule has 0 aromatic rings. The number of nitrogens with zero attached hydrogens (tertiary/aromatic N) is 2. The first-order valence-electron chi connectivity index (χ1n) is 6.68. The van der Waals surface area contributed by atoms with Crippen molar-refractivity contribution in [3.63, 3.8) is 0 Å². The molecule has 0 aromatic carbocycles. The molecular weight excluding hydrogens is 216 g/mol. The molecule has 1 saturated heterocycles. The van der Waals surface area contributed by atoms with Crippen LogP contribution in [0.3, 0.4) is 0 Å². The zero-order valence-corrected chi connectivity index (χ0v) is 10.9. The number of carbonyl (C=O) groups is 1. The Morgan fingerprint density at radius 1 is 1.47 bits per heavy atom. The molecular formula is C13H24N2O2. The fraction of sp³-hybridized carbons (Fsp3) is 0.923. The summed E-state index contributed by atoms with van der Waals surface area (Å²) >= 11 is 0. The van der Waals surface area contributed by atoms with Gasteiger partial charge in [0, 0.05) is 19.1 Å². The second-order valence-electron chi connectivity index (χ2n) is 5.87. The van der Waals surface area contributed by atoms with Crippen molar-refractivity contribution in [2.24, 2.45) is 11.8 Å². The van der Waals surface area contributed by atoms with E-state index < -0.39 is 5.97 Å². The van der Waals surface area contributed by atoms with Gasteiger partial charge >= 0.3 is 5.97 Å². The van der Waals surface area contributed by atoms with Crippen LogP contribution in [-0.4, -0.2) is 60.6 Å². The average Bonchev–Trinajstić information content (AvgIpc) is 2.13. The molecule has 0 aromatic heterocycles. The number of hydrogen-bond acceptors (Lipinski definition) is 3. The first kappa shape index (κ1) is 12.8. The van der Waals surface area contributed by atoms with E-state index in [1.54, 1.807) is 0 Å². The van der Waals surface area contributed by atoms with E-state index in [0.29, 0.717) is 6.04 Å². The van der Waals surface area contributed by atoms with Crippen LogP contribution in [0, 0.1) is 11.8 Å². The minimum Gasteiger partial charge on any atom is -0.481 e. The van der Waals surface area contributed by atoms with E-state index in [-0.39, 0.29) is 5.92 Å². The van der Waals surface area contributed by atoms with Gasteiger partial charge in [0.1, 0.15) is 0 Å². The van der Waals surface area contributed by atoms with Crippen molar-refractivity contribution in [3.05, 3.63) is 0 Å². The van der Waals surface area contributed by atoms with Crippen molar-refractivity contribution in [2.75, 3.05) is 33.7 Å². The number of carboxylic acid groups (broad SMARTS) is 1. The first-order valence-corrected chi connectivity index (χ1v) is 6.68. The normalized spacial score (nSPS) is 34.6. The highest BCUT2D eigenvalue weighted by Gasteiger charge is 2.37. The van der Waals surface area contributed by atoms with E-state index in [9.17, 15) is 4.79 Å². The summed E-state index contributed by atoms with van der Waals surface area (Å²) in [7, 11) is 4.34. The molecule has 4 nitrogen and oxygen atoms in total. The minimum atomic E-state index is -0.618. The van der Waals surface area contributed by atoms with Gasteiger partial charge < -0.3 is 14.9 Å². The van der Waals surface area contributed by atoms with Gasteiger partial charge in [0.2, 0.25) is 0 Å². The topological polar surface area (TPSA) is 43.8 Å². The lowest BCUT2D eigenvalue weighted by molar-refractivity contribution is -0.146. The van der Waals surface area contributed by atoms with Gasteiger partial charge in [0.15, 0.2) is 0 Å². The lowest BCUT2D eigenvalue weighted by Crippen LogP contribution is -2.48. The Labute approximate surface area is 104 Å². The van der Waals surface area contributed by atoms with E-state index in [0.717, 1.165) is 25.3 Å². The predicted octanol–water partition coefficient (Wildman–Crippen LogP) is 1.12. The Hall–Kier alpha value is -0.610. The third kappa shape index (κ3) is 3.19. The molecule has 0 spiro atoms. The summed E-state index contributed by atoms with van der Waals surface area (Å²) in [6.07, 6.45) is 4.31. The van der Waals surface area contributed by atoms with Crippen LogP contribution in [0.4, 0.5) is 0 Å². The summed E-state index contributed by atoms with van der Waals surface area (Å²) in [5, 5.41) is 8.86. The van der Waals surface area contributed by atoms with Gasteiger partial charge in [0.05, 0.1) is 5.92 Å². The fourth-order valence-corrected chi connectivity index (χ4v) is 3.13. The molecule has 1 unspecified atom stereocenters. The van der Waals surface area contributed by atoms with Crippen LogP contribution in [-0.2, 0) is 4.79 Å². The van der Waals surface area contributed by atoms with Crippen LogP contribution >= 0.6 is 0 Å². The van der Waals surface area contributed by atoms with Crippen molar-refractivity contribution < 1.29 is 9.90 Å². The van der Waals surface area contributed by atoms with Crippen molar-refractivity contribution in [3.8, 4) is 0 Å². The Balaban J connectivity index is 1.71. The highest BCUT2D eigenvalue weighted by atomic mass is 16.4. The minimum absolute atomic E-state index is 0.0866. The zero-order valence-electron chi connectivity index (χ0n) is 10.9. The summed E-state index contributed by atoms with van der Waals surface area (Å²) in [6, 6.07) is 0.503. The van der Waals surface area contributed by atoms with Crippen molar-refractivity contribution in [1.82, 2.24) is 9.80 Å².